The van der Waals surface area contributed by atoms with Gasteiger partial charge in [0, 0.05) is 12.8 Å². The molecule has 0 aliphatic heterocycles. The zero-order valence-corrected chi connectivity index (χ0v) is 9.28. The van der Waals surface area contributed by atoms with E-state index in [0.717, 1.165) is 0 Å². The van der Waals surface area contributed by atoms with E-state index in [-0.39, 0.29) is 18.5 Å². The van der Waals surface area contributed by atoms with Crippen molar-refractivity contribution in [2.24, 2.45) is 5.41 Å². The summed E-state index contributed by atoms with van der Waals surface area (Å²) >= 11 is 0. The van der Waals surface area contributed by atoms with Gasteiger partial charge >= 0.3 is 5.97 Å². The standard InChI is InChI=1S/C11H18O4/c1-8(2)15-7-11(10(13)14)5-3-9(12)4-6-11/h8H,3-7H2,1-2H3,(H,13,14). The molecule has 0 heterocycles. The van der Waals surface area contributed by atoms with Crippen LogP contribution in [0.4, 0.5) is 0 Å². The number of aliphatic carboxylic acids is 1. The Hall–Kier alpha value is -0.900. The predicted octanol–water partition coefficient (Wildman–Crippen LogP) is 1.63. The largest absolute Gasteiger partial charge is 0.481 e. The molecule has 1 N–H and O–H groups in total. The van der Waals surface area contributed by atoms with Crippen LogP contribution in [0.5, 0.6) is 0 Å². The van der Waals surface area contributed by atoms with Crippen LogP contribution in [-0.2, 0) is 14.3 Å². The average Bonchev–Trinajstić information content (AvgIpc) is 2.17. The van der Waals surface area contributed by atoms with Crippen LogP contribution in [-0.4, -0.2) is 29.6 Å². The van der Waals surface area contributed by atoms with Crippen molar-refractivity contribution in [2.45, 2.75) is 45.6 Å². The van der Waals surface area contributed by atoms with Crippen LogP contribution in [0.15, 0.2) is 0 Å². The number of rotatable bonds is 4. The number of ketones is 1. The summed E-state index contributed by atoms with van der Waals surface area (Å²) in [6, 6.07) is 0. The van der Waals surface area contributed by atoms with Gasteiger partial charge in [-0.3, -0.25) is 9.59 Å². The van der Waals surface area contributed by atoms with Crippen molar-refractivity contribution in [3.05, 3.63) is 0 Å². The smallest absolute Gasteiger partial charge is 0.312 e. The molecule has 0 atom stereocenters. The molecule has 1 aliphatic rings. The Morgan fingerprint density at radius 3 is 2.40 bits per heavy atom. The van der Waals surface area contributed by atoms with E-state index in [1.54, 1.807) is 0 Å². The predicted molar refractivity (Wildman–Crippen MR) is 54.6 cm³/mol. The Kier molecular flexibility index (Phi) is 3.85. The lowest BCUT2D eigenvalue weighted by atomic mass is 9.74. The molecule has 1 fully saturated rings. The fraction of sp³-hybridized carbons (Fsp3) is 0.818. The normalized spacial score (nSPS) is 20.6. The van der Waals surface area contributed by atoms with Crippen LogP contribution < -0.4 is 0 Å². The van der Waals surface area contributed by atoms with E-state index in [1.165, 1.54) is 0 Å². The molecule has 0 amide bonds. The molecule has 4 heteroatoms. The third-order valence-electron chi connectivity index (χ3n) is 2.91. The van der Waals surface area contributed by atoms with Gasteiger partial charge in [-0.1, -0.05) is 0 Å². The SMILES string of the molecule is CC(C)OCC1(C(=O)O)CCC(=O)CC1. The minimum atomic E-state index is -0.837. The number of Topliss-reactive ketones (excluding diaryl/α,β-unsaturated/α-hetero) is 1. The van der Waals surface area contributed by atoms with Gasteiger partial charge in [0.25, 0.3) is 0 Å². The molecule has 0 saturated heterocycles. The van der Waals surface area contributed by atoms with E-state index in [4.69, 9.17) is 4.74 Å². The highest BCUT2D eigenvalue weighted by Gasteiger charge is 2.42. The van der Waals surface area contributed by atoms with Crippen LogP contribution in [0.25, 0.3) is 0 Å². The lowest BCUT2D eigenvalue weighted by Crippen LogP contribution is -2.40. The lowest BCUT2D eigenvalue weighted by molar-refractivity contribution is -0.157. The van der Waals surface area contributed by atoms with E-state index in [2.05, 4.69) is 0 Å². The number of carboxylic acid groups (broad SMARTS) is 1. The van der Waals surface area contributed by atoms with Gasteiger partial charge in [0.2, 0.25) is 0 Å². The molecule has 86 valence electrons. The van der Waals surface area contributed by atoms with Gasteiger partial charge in [0.1, 0.15) is 5.78 Å². The molecule has 0 spiro atoms. The molecule has 0 radical (unpaired) electrons. The van der Waals surface area contributed by atoms with Crippen molar-refractivity contribution in [2.75, 3.05) is 6.61 Å². The first-order valence-electron chi connectivity index (χ1n) is 5.33. The maximum absolute atomic E-state index is 11.2. The number of hydrogen-bond acceptors (Lipinski definition) is 3. The van der Waals surface area contributed by atoms with Gasteiger partial charge in [0.05, 0.1) is 18.1 Å². The number of carbonyl (C=O) groups is 2. The Morgan fingerprint density at radius 1 is 1.47 bits per heavy atom. The summed E-state index contributed by atoms with van der Waals surface area (Å²) in [6.07, 6.45) is 1.59. The van der Waals surface area contributed by atoms with E-state index < -0.39 is 11.4 Å². The van der Waals surface area contributed by atoms with E-state index in [1.807, 2.05) is 13.8 Å². The van der Waals surface area contributed by atoms with Crippen LogP contribution in [0.3, 0.4) is 0 Å². The minimum absolute atomic E-state index is 0.0267. The zero-order valence-electron chi connectivity index (χ0n) is 9.28. The fourth-order valence-corrected chi connectivity index (χ4v) is 1.75. The average molecular weight is 214 g/mol. The van der Waals surface area contributed by atoms with Gasteiger partial charge in [0.15, 0.2) is 0 Å². The molecule has 15 heavy (non-hydrogen) atoms. The number of carboxylic acids is 1. The summed E-state index contributed by atoms with van der Waals surface area (Å²) in [4.78, 5) is 22.3. The molecule has 1 rings (SSSR count). The van der Waals surface area contributed by atoms with E-state index >= 15 is 0 Å². The van der Waals surface area contributed by atoms with Crippen molar-refractivity contribution < 1.29 is 19.4 Å². The lowest BCUT2D eigenvalue weighted by Gasteiger charge is -2.32. The maximum Gasteiger partial charge on any atom is 0.312 e. The quantitative estimate of drug-likeness (QED) is 0.772. The summed E-state index contributed by atoms with van der Waals surface area (Å²) in [5.74, 6) is -0.674. The van der Waals surface area contributed by atoms with Crippen molar-refractivity contribution in [3.63, 3.8) is 0 Å². The third-order valence-corrected chi connectivity index (χ3v) is 2.91. The zero-order chi connectivity index (χ0) is 11.5. The van der Waals surface area contributed by atoms with Crippen molar-refractivity contribution in [1.82, 2.24) is 0 Å². The van der Waals surface area contributed by atoms with Gasteiger partial charge in [-0.05, 0) is 26.7 Å². The van der Waals surface area contributed by atoms with Crippen LogP contribution >= 0.6 is 0 Å². The summed E-state index contributed by atoms with van der Waals surface area (Å²) in [5.41, 5.74) is -0.835. The van der Waals surface area contributed by atoms with Crippen molar-refractivity contribution in [3.8, 4) is 0 Å². The third kappa shape index (κ3) is 3.02. The number of carbonyl (C=O) groups excluding carboxylic acids is 1. The van der Waals surface area contributed by atoms with Crippen LogP contribution in [0.1, 0.15) is 39.5 Å². The summed E-state index contributed by atoms with van der Waals surface area (Å²) < 4.78 is 5.39. The van der Waals surface area contributed by atoms with E-state index in [9.17, 15) is 14.7 Å². The van der Waals surface area contributed by atoms with Crippen molar-refractivity contribution >= 4 is 11.8 Å². The molecule has 0 aromatic heterocycles. The molecule has 0 aromatic rings. The van der Waals surface area contributed by atoms with Gasteiger partial charge in [-0.15, -0.1) is 0 Å². The second-order valence-electron chi connectivity index (χ2n) is 4.48. The summed E-state index contributed by atoms with van der Waals surface area (Å²) in [5, 5.41) is 9.20. The molecule has 0 unspecified atom stereocenters. The molecule has 1 aliphatic carbocycles. The second kappa shape index (κ2) is 4.75. The molecular weight excluding hydrogens is 196 g/mol. The molecule has 4 nitrogen and oxygen atoms in total. The highest BCUT2D eigenvalue weighted by Crippen LogP contribution is 2.35. The monoisotopic (exact) mass is 214 g/mol. The van der Waals surface area contributed by atoms with Crippen molar-refractivity contribution in [1.29, 1.82) is 0 Å². The highest BCUT2D eigenvalue weighted by atomic mass is 16.5. The number of ether oxygens (including phenoxy) is 1. The minimum Gasteiger partial charge on any atom is -0.481 e. The first-order chi connectivity index (χ1) is 6.96. The molecular formula is C11H18O4. The first-order valence-corrected chi connectivity index (χ1v) is 5.33. The Labute approximate surface area is 89.6 Å². The molecule has 1 saturated carbocycles. The molecule has 0 aromatic carbocycles. The fourth-order valence-electron chi connectivity index (χ4n) is 1.75. The van der Waals surface area contributed by atoms with Crippen LogP contribution in [0, 0.1) is 5.41 Å². The Morgan fingerprint density at radius 2 is 2.00 bits per heavy atom. The Balaban J connectivity index is 2.63. The van der Waals surface area contributed by atoms with Gasteiger partial charge in [-0.2, -0.15) is 0 Å². The maximum atomic E-state index is 11.2. The summed E-state index contributed by atoms with van der Waals surface area (Å²) in [7, 11) is 0. The van der Waals surface area contributed by atoms with E-state index in [0.29, 0.717) is 25.7 Å². The number of hydrogen-bond donors (Lipinski definition) is 1. The summed E-state index contributed by atoms with van der Waals surface area (Å²) in [6.45, 7) is 3.97. The molecule has 0 bridgehead atoms. The van der Waals surface area contributed by atoms with Crippen LogP contribution in [0.2, 0.25) is 0 Å². The topological polar surface area (TPSA) is 63.6 Å². The highest BCUT2D eigenvalue weighted by molar-refractivity contribution is 5.83. The van der Waals surface area contributed by atoms with Gasteiger partial charge < -0.3 is 9.84 Å². The Bertz CT molecular complexity index is 247. The second-order valence-corrected chi connectivity index (χ2v) is 4.48. The van der Waals surface area contributed by atoms with Gasteiger partial charge in [-0.25, -0.2) is 0 Å². The first kappa shape index (κ1) is 12.2.